The van der Waals surface area contributed by atoms with E-state index in [1.807, 2.05) is 0 Å². The number of alkyl halides is 3. The van der Waals surface area contributed by atoms with Crippen molar-refractivity contribution in [2.45, 2.75) is 12.8 Å². The molecule has 0 bridgehead atoms. The highest BCUT2D eigenvalue weighted by Crippen LogP contribution is 2.32. The molecule has 1 aliphatic carbocycles. The number of hydrogen-bond donors (Lipinski definition) is 0. The lowest BCUT2D eigenvalue weighted by atomic mass is 10.1. The van der Waals surface area contributed by atoms with E-state index in [0.717, 1.165) is 11.3 Å². The summed E-state index contributed by atoms with van der Waals surface area (Å²) in [6.07, 6.45) is -1.97. The molecule has 1 aliphatic rings. The van der Waals surface area contributed by atoms with Crippen molar-refractivity contribution in [2.24, 2.45) is 0 Å². The topological polar surface area (TPSA) is 39.2 Å². The molecule has 2 rings (SSSR count). The number of aromatic nitrogens is 1. The summed E-state index contributed by atoms with van der Waals surface area (Å²) in [5, 5.41) is -0.480. The van der Waals surface area contributed by atoms with Crippen molar-refractivity contribution in [3.8, 4) is 5.19 Å². The molecule has 0 unspecified atom stereocenters. The summed E-state index contributed by atoms with van der Waals surface area (Å²) in [4.78, 5) is 15.1. The number of halogens is 3. The number of ketones is 1. The summed E-state index contributed by atoms with van der Waals surface area (Å²) in [5.41, 5.74) is 0.374. The molecule has 0 radical (unpaired) electrons. The quantitative estimate of drug-likeness (QED) is 0.748. The van der Waals surface area contributed by atoms with Gasteiger partial charge < -0.3 is 4.74 Å². The predicted octanol–water partition coefficient (Wildman–Crippen LogP) is 2.18. The zero-order chi connectivity index (χ0) is 11.1. The van der Waals surface area contributed by atoms with Crippen molar-refractivity contribution in [1.29, 1.82) is 0 Å². The van der Waals surface area contributed by atoms with Gasteiger partial charge in [-0.1, -0.05) is 11.3 Å². The fourth-order valence-corrected chi connectivity index (χ4v) is 2.05. The third-order valence-electron chi connectivity index (χ3n) is 1.67. The third kappa shape index (κ3) is 2.35. The van der Waals surface area contributed by atoms with Crippen molar-refractivity contribution >= 4 is 23.2 Å². The monoisotopic (exact) mass is 235 g/mol. The maximum atomic E-state index is 11.8. The van der Waals surface area contributed by atoms with E-state index in [2.05, 4.69) is 9.72 Å². The van der Waals surface area contributed by atoms with Crippen LogP contribution in [0.2, 0.25) is 0 Å². The Bertz CT molecular complexity index is 436. The minimum atomic E-state index is -4.74. The lowest BCUT2D eigenvalue weighted by Crippen LogP contribution is -2.16. The minimum absolute atomic E-state index is 0.0880. The summed E-state index contributed by atoms with van der Waals surface area (Å²) >= 11 is 0.741. The van der Waals surface area contributed by atoms with Crippen LogP contribution in [0.5, 0.6) is 5.19 Å². The molecule has 0 saturated heterocycles. The summed E-state index contributed by atoms with van der Waals surface area (Å²) in [5.74, 6) is -0.148. The summed E-state index contributed by atoms with van der Waals surface area (Å²) < 4.78 is 39.2. The molecular weight excluding hydrogens is 231 g/mol. The molecule has 0 aromatic carbocycles. The first kappa shape index (κ1) is 10.2. The van der Waals surface area contributed by atoms with Crippen LogP contribution in [0.3, 0.4) is 0 Å². The molecule has 7 heteroatoms. The molecule has 0 N–H and O–H groups in total. The first-order chi connectivity index (χ1) is 6.94. The highest BCUT2D eigenvalue weighted by atomic mass is 32.1. The van der Waals surface area contributed by atoms with E-state index in [1.54, 1.807) is 0 Å². The summed E-state index contributed by atoms with van der Waals surface area (Å²) in [6, 6.07) is 0. The Balaban J connectivity index is 2.25. The zero-order valence-corrected chi connectivity index (χ0v) is 7.98. The maximum absolute atomic E-state index is 11.8. The third-order valence-corrected chi connectivity index (χ3v) is 2.62. The van der Waals surface area contributed by atoms with Crippen molar-refractivity contribution < 1.29 is 22.7 Å². The molecule has 1 heterocycles. The van der Waals surface area contributed by atoms with E-state index >= 15 is 0 Å². The van der Waals surface area contributed by atoms with E-state index in [-0.39, 0.29) is 12.2 Å². The molecule has 80 valence electrons. The van der Waals surface area contributed by atoms with Gasteiger partial charge in [-0.15, -0.1) is 13.2 Å². The number of allylic oxidation sites excluding steroid dienone is 1. The standard InChI is InChI=1S/C8H4F3NO2S/c9-8(10,11)14-7-12-5-2-1-4(13)3-6(5)15-7/h1-2H,3H2. The highest BCUT2D eigenvalue weighted by Gasteiger charge is 2.33. The SMILES string of the molecule is O=C1C=Cc2nc(OC(F)(F)F)sc2C1. The number of carbonyl (C=O) groups is 1. The first-order valence-corrected chi connectivity index (χ1v) is 4.72. The van der Waals surface area contributed by atoms with Gasteiger partial charge in [0.15, 0.2) is 5.78 Å². The van der Waals surface area contributed by atoms with Gasteiger partial charge in [0.2, 0.25) is 0 Å². The maximum Gasteiger partial charge on any atom is 0.574 e. The highest BCUT2D eigenvalue weighted by molar-refractivity contribution is 7.13. The molecule has 0 aliphatic heterocycles. The van der Waals surface area contributed by atoms with Crippen molar-refractivity contribution in [3.05, 3.63) is 16.6 Å². The first-order valence-electron chi connectivity index (χ1n) is 3.90. The normalized spacial score (nSPS) is 15.3. The molecule has 1 aromatic rings. The van der Waals surface area contributed by atoms with Crippen LogP contribution in [-0.4, -0.2) is 17.1 Å². The molecule has 0 amide bonds. The van der Waals surface area contributed by atoms with Crippen LogP contribution in [0, 0.1) is 0 Å². The van der Waals surface area contributed by atoms with E-state index in [0.29, 0.717) is 10.6 Å². The van der Waals surface area contributed by atoms with Crippen molar-refractivity contribution in [1.82, 2.24) is 4.98 Å². The van der Waals surface area contributed by atoms with Gasteiger partial charge in [0.1, 0.15) is 0 Å². The Kier molecular flexibility index (Phi) is 2.26. The van der Waals surface area contributed by atoms with Crippen LogP contribution in [0.1, 0.15) is 10.6 Å². The van der Waals surface area contributed by atoms with Crippen molar-refractivity contribution in [3.63, 3.8) is 0 Å². The van der Waals surface area contributed by atoms with Gasteiger partial charge >= 0.3 is 6.36 Å². The van der Waals surface area contributed by atoms with Gasteiger partial charge in [-0.05, 0) is 12.2 Å². The Morgan fingerprint density at radius 3 is 2.80 bits per heavy atom. The number of rotatable bonds is 1. The average Bonchev–Trinajstić information content (AvgIpc) is 2.42. The molecule has 15 heavy (non-hydrogen) atoms. The van der Waals surface area contributed by atoms with E-state index < -0.39 is 11.6 Å². The van der Waals surface area contributed by atoms with Crippen LogP contribution >= 0.6 is 11.3 Å². The van der Waals surface area contributed by atoms with Crippen LogP contribution in [-0.2, 0) is 11.2 Å². The van der Waals surface area contributed by atoms with Crippen LogP contribution in [0.25, 0.3) is 6.08 Å². The number of hydrogen-bond acceptors (Lipinski definition) is 4. The molecule has 0 atom stereocenters. The number of ether oxygens (including phenoxy) is 1. The second-order valence-electron chi connectivity index (χ2n) is 2.81. The van der Waals surface area contributed by atoms with Crippen LogP contribution < -0.4 is 4.74 Å². The van der Waals surface area contributed by atoms with Crippen LogP contribution in [0.4, 0.5) is 13.2 Å². The number of carbonyl (C=O) groups excluding carboxylic acids is 1. The largest absolute Gasteiger partial charge is 0.574 e. The summed E-state index contributed by atoms with van der Waals surface area (Å²) in [7, 11) is 0. The van der Waals surface area contributed by atoms with E-state index in [4.69, 9.17) is 0 Å². The van der Waals surface area contributed by atoms with Gasteiger partial charge in [0, 0.05) is 11.3 Å². The van der Waals surface area contributed by atoms with Gasteiger partial charge in [-0.3, -0.25) is 4.79 Å². The molecule has 0 saturated carbocycles. The van der Waals surface area contributed by atoms with Crippen molar-refractivity contribution in [2.75, 3.05) is 0 Å². The smallest absolute Gasteiger partial charge is 0.378 e. The van der Waals surface area contributed by atoms with Gasteiger partial charge in [0.05, 0.1) is 5.69 Å². The Morgan fingerprint density at radius 1 is 1.40 bits per heavy atom. The molecule has 3 nitrogen and oxygen atoms in total. The number of thiazole rings is 1. The summed E-state index contributed by atoms with van der Waals surface area (Å²) in [6.45, 7) is 0. The molecule has 0 spiro atoms. The minimum Gasteiger partial charge on any atom is -0.378 e. The Hall–Kier alpha value is -1.37. The van der Waals surface area contributed by atoms with Crippen LogP contribution in [0.15, 0.2) is 6.08 Å². The Morgan fingerprint density at radius 2 is 2.13 bits per heavy atom. The molecule has 1 aromatic heterocycles. The number of fused-ring (bicyclic) bond motifs is 1. The second kappa shape index (κ2) is 3.34. The van der Waals surface area contributed by atoms with Gasteiger partial charge in [-0.2, -0.15) is 0 Å². The molecular formula is C8H4F3NO2S. The van der Waals surface area contributed by atoms with Gasteiger partial charge in [0.25, 0.3) is 5.19 Å². The predicted molar refractivity (Wildman–Crippen MR) is 46.5 cm³/mol. The fourth-order valence-electron chi connectivity index (χ4n) is 1.13. The fraction of sp³-hybridized carbons (Fsp3) is 0.250. The zero-order valence-electron chi connectivity index (χ0n) is 7.17. The average molecular weight is 235 g/mol. The van der Waals surface area contributed by atoms with E-state index in [1.165, 1.54) is 12.2 Å². The Labute approximate surface area is 86.2 Å². The van der Waals surface area contributed by atoms with Gasteiger partial charge in [-0.25, -0.2) is 4.98 Å². The number of nitrogens with zero attached hydrogens (tertiary/aromatic N) is 1. The lowest BCUT2D eigenvalue weighted by molar-refractivity contribution is -0.274. The van der Waals surface area contributed by atoms with E-state index in [9.17, 15) is 18.0 Å². The lowest BCUT2D eigenvalue weighted by Gasteiger charge is -2.03. The second-order valence-corrected chi connectivity index (χ2v) is 3.86. The molecule has 0 fully saturated rings.